The van der Waals surface area contributed by atoms with Gasteiger partial charge in [-0.2, -0.15) is 0 Å². The minimum Gasteiger partial charge on any atom is -0.343 e. The average Bonchev–Trinajstić information content (AvgIpc) is 2.22. The topological polar surface area (TPSA) is 45.8 Å². The summed E-state index contributed by atoms with van der Waals surface area (Å²) in [7, 11) is 0. The maximum atomic E-state index is 12.2. The van der Waals surface area contributed by atoms with E-state index in [0.29, 0.717) is 11.0 Å². The van der Waals surface area contributed by atoms with E-state index in [1.54, 1.807) is 0 Å². The first-order chi connectivity index (χ1) is 7.54. The smallest absolute Gasteiger partial charge is 0.194 e. The molecule has 1 N–H and O–H groups in total. The molecule has 16 heavy (non-hydrogen) atoms. The van der Waals surface area contributed by atoms with Crippen molar-refractivity contribution >= 4 is 27.0 Å². The van der Waals surface area contributed by atoms with E-state index in [0.717, 1.165) is 27.8 Å². The van der Waals surface area contributed by atoms with Gasteiger partial charge in [-0.1, -0.05) is 6.92 Å². The summed E-state index contributed by atoms with van der Waals surface area (Å²) in [6.45, 7) is 5.81. The van der Waals surface area contributed by atoms with Crippen LogP contribution in [0.4, 0.5) is 0 Å². The number of H-pyrrole nitrogens is 1. The van der Waals surface area contributed by atoms with E-state index in [9.17, 15) is 4.79 Å². The van der Waals surface area contributed by atoms with Crippen molar-refractivity contribution in [2.45, 2.75) is 27.2 Å². The lowest BCUT2D eigenvalue weighted by Gasteiger charge is -2.07. The number of hydrogen-bond donors (Lipinski definition) is 1. The summed E-state index contributed by atoms with van der Waals surface area (Å²) >= 11 is 3.40. The summed E-state index contributed by atoms with van der Waals surface area (Å²) < 4.78 is 0.872. The Kier molecular flexibility index (Phi) is 2.84. The SMILES string of the molecule is CCc1c(C)[nH]c2nc(C)c(Br)cc2c1=O. The van der Waals surface area contributed by atoms with E-state index < -0.39 is 0 Å². The number of hydrogen-bond acceptors (Lipinski definition) is 2. The lowest BCUT2D eigenvalue weighted by Crippen LogP contribution is -2.13. The maximum absolute atomic E-state index is 12.2. The van der Waals surface area contributed by atoms with Crippen molar-refractivity contribution < 1.29 is 0 Å². The van der Waals surface area contributed by atoms with Crippen molar-refractivity contribution in [3.05, 3.63) is 37.7 Å². The van der Waals surface area contributed by atoms with Crippen molar-refractivity contribution in [2.24, 2.45) is 0 Å². The predicted octanol–water partition coefficient (Wildman–Crippen LogP) is 2.86. The van der Waals surface area contributed by atoms with Crippen LogP contribution in [-0.4, -0.2) is 9.97 Å². The number of nitrogens with zero attached hydrogens (tertiary/aromatic N) is 1. The second kappa shape index (κ2) is 4.01. The number of nitrogens with one attached hydrogen (secondary N) is 1. The number of aryl methyl sites for hydroxylation is 2. The third-order valence-electron chi connectivity index (χ3n) is 2.78. The molecular weight excluding hydrogens is 268 g/mol. The van der Waals surface area contributed by atoms with Gasteiger partial charge in [-0.3, -0.25) is 4.79 Å². The minimum absolute atomic E-state index is 0.0851. The lowest BCUT2D eigenvalue weighted by atomic mass is 10.1. The zero-order valence-electron chi connectivity index (χ0n) is 9.52. The van der Waals surface area contributed by atoms with Crippen LogP contribution in [0.5, 0.6) is 0 Å². The molecule has 0 atom stereocenters. The molecular formula is C12H13BrN2O. The molecule has 3 nitrogen and oxygen atoms in total. The number of aromatic amines is 1. The molecule has 0 aromatic carbocycles. The summed E-state index contributed by atoms with van der Waals surface area (Å²) in [5, 5.41) is 0.653. The Balaban J connectivity index is 2.94. The molecule has 0 aliphatic rings. The van der Waals surface area contributed by atoms with Gasteiger partial charge < -0.3 is 4.98 Å². The van der Waals surface area contributed by atoms with Gasteiger partial charge in [0.25, 0.3) is 0 Å². The first kappa shape index (κ1) is 11.3. The summed E-state index contributed by atoms with van der Waals surface area (Å²) in [5.41, 5.74) is 3.38. The summed E-state index contributed by atoms with van der Waals surface area (Å²) in [6.07, 6.45) is 0.739. The molecule has 0 spiro atoms. The van der Waals surface area contributed by atoms with Crippen LogP contribution in [0, 0.1) is 13.8 Å². The minimum atomic E-state index is 0.0851. The number of fused-ring (bicyclic) bond motifs is 1. The summed E-state index contributed by atoms with van der Waals surface area (Å²) in [5.74, 6) is 0. The second-order valence-electron chi connectivity index (χ2n) is 3.86. The fourth-order valence-electron chi connectivity index (χ4n) is 1.86. The number of rotatable bonds is 1. The highest BCUT2D eigenvalue weighted by atomic mass is 79.9. The summed E-state index contributed by atoms with van der Waals surface area (Å²) in [6, 6.07) is 1.84. The number of pyridine rings is 2. The van der Waals surface area contributed by atoms with Crippen molar-refractivity contribution in [1.29, 1.82) is 0 Å². The highest BCUT2D eigenvalue weighted by Crippen LogP contribution is 2.18. The van der Waals surface area contributed by atoms with Crippen LogP contribution in [0.1, 0.15) is 23.9 Å². The second-order valence-corrected chi connectivity index (χ2v) is 4.72. The molecule has 2 heterocycles. The fraction of sp³-hybridized carbons (Fsp3) is 0.333. The quantitative estimate of drug-likeness (QED) is 0.873. The van der Waals surface area contributed by atoms with Gasteiger partial charge >= 0.3 is 0 Å². The molecule has 0 aliphatic heterocycles. The van der Waals surface area contributed by atoms with Crippen LogP contribution in [-0.2, 0) is 6.42 Å². The Morgan fingerprint density at radius 3 is 2.75 bits per heavy atom. The van der Waals surface area contributed by atoms with Crippen LogP contribution in [0.2, 0.25) is 0 Å². The van der Waals surface area contributed by atoms with E-state index in [1.807, 2.05) is 26.8 Å². The van der Waals surface area contributed by atoms with E-state index in [-0.39, 0.29) is 5.43 Å². The van der Waals surface area contributed by atoms with Crippen molar-refractivity contribution in [2.75, 3.05) is 0 Å². The van der Waals surface area contributed by atoms with Crippen LogP contribution < -0.4 is 5.43 Å². The molecule has 2 rings (SSSR count). The zero-order chi connectivity index (χ0) is 11.9. The number of halogens is 1. The van der Waals surface area contributed by atoms with Crippen molar-refractivity contribution in [3.63, 3.8) is 0 Å². The summed E-state index contributed by atoms with van der Waals surface area (Å²) in [4.78, 5) is 19.7. The molecule has 0 fully saturated rings. The molecule has 0 radical (unpaired) electrons. The largest absolute Gasteiger partial charge is 0.343 e. The molecule has 2 aromatic heterocycles. The average molecular weight is 281 g/mol. The van der Waals surface area contributed by atoms with Crippen molar-refractivity contribution in [1.82, 2.24) is 9.97 Å². The molecule has 0 amide bonds. The molecule has 0 saturated carbocycles. The van der Waals surface area contributed by atoms with E-state index >= 15 is 0 Å². The van der Waals surface area contributed by atoms with Gasteiger partial charge in [-0.25, -0.2) is 4.98 Å². The van der Waals surface area contributed by atoms with Crippen molar-refractivity contribution in [3.8, 4) is 0 Å². The van der Waals surface area contributed by atoms with Gasteiger partial charge in [0, 0.05) is 15.7 Å². The van der Waals surface area contributed by atoms with E-state index in [4.69, 9.17) is 0 Å². The standard InChI is InChI=1S/C12H13BrN2O/c1-4-8-6(2)14-12-9(11(8)16)5-10(13)7(3)15-12/h5H,4H2,1-3H3,(H,14,15,16). The molecule has 0 bridgehead atoms. The van der Waals surface area contributed by atoms with Gasteiger partial charge in [0.1, 0.15) is 5.65 Å². The maximum Gasteiger partial charge on any atom is 0.194 e. The fourth-order valence-corrected chi connectivity index (χ4v) is 2.18. The van der Waals surface area contributed by atoms with Crippen LogP contribution in [0.15, 0.2) is 15.3 Å². The van der Waals surface area contributed by atoms with Crippen LogP contribution in [0.3, 0.4) is 0 Å². The Hall–Kier alpha value is -1.16. The van der Waals surface area contributed by atoms with Gasteiger partial charge in [0.2, 0.25) is 0 Å². The Bertz CT molecular complexity index is 616. The molecule has 0 saturated heterocycles. The molecule has 0 aliphatic carbocycles. The van der Waals surface area contributed by atoms with Gasteiger partial charge in [-0.15, -0.1) is 0 Å². The van der Waals surface area contributed by atoms with Crippen LogP contribution >= 0.6 is 15.9 Å². The zero-order valence-corrected chi connectivity index (χ0v) is 11.1. The highest BCUT2D eigenvalue weighted by molar-refractivity contribution is 9.10. The highest BCUT2D eigenvalue weighted by Gasteiger charge is 2.10. The third kappa shape index (κ3) is 1.67. The van der Waals surface area contributed by atoms with E-state index in [1.165, 1.54) is 0 Å². The first-order valence-electron chi connectivity index (χ1n) is 5.23. The molecule has 2 aromatic rings. The predicted molar refractivity (Wildman–Crippen MR) is 68.9 cm³/mol. The Morgan fingerprint density at radius 1 is 1.44 bits per heavy atom. The Morgan fingerprint density at radius 2 is 2.12 bits per heavy atom. The van der Waals surface area contributed by atoms with Gasteiger partial charge in [0.15, 0.2) is 5.43 Å². The third-order valence-corrected chi connectivity index (χ3v) is 3.58. The molecule has 0 unspecified atom stereocenters. The normalized spacial score (nSPS) is 11.0. The Labute approximate surface area is 102 Å². The lowest BCUT2D eigenvalue weighted by molar-refractivity contribution is 1.04. The van der Waals surface area contributed by atoms with Gasteiger partial charge in [-0.05, 0) is 42.3 Å². The first-order valence-corrected chi connectivity index (χ1v) is 6.02. The van der Waals surface area contributed by atoms with E-state index in [2.05, 4.69) is 25.9 Å². The molecule has 4 heteroatoms. The monoisotopic (exact) mass is 280 g/mol. The van der Waals surface area contributed by atoms with Gasteiger partial charge in [0.05, 0.1) is 11.1 Å². The molecule has 84 valence electrons. The number of aromatic nitrogens is 2. The van der Waals surface area contributed by atoms with Crippen LogP contribution in [0.25, 0.3) is 11.0 Å².